The van der Waals surface area contributed by atoms with Crippen molar-refractivity contribution < 1.29 is 98.4 Å². The van der Waals surface area contributed by atoms with Gasteiger partial charge in [0.2, 0.25) is 17.4 Å². The SMILES string of the molecule is CCCN(OCCNC(=O)OCCOCCOCCOCCOCCOCCOCCOCCOCCOCCOCCC(=O)Oc1c(F)c(F)cc(F)c1F)C(=O)C1=Cc2ncc(-c3ccc(C(=O)N4CCCC4)cc3)cc2N=C(N)C1. The normalized spacial score (nSPS) is 13.1. The van der Waals surface area contributed by atoms with Gasteiger partial charge in [-0.15, -0.1) is 0 Å². The number of pyridine rings is 1. The molecule has 0 saturated carbocycles. The first kappa shape index (κ1) is 67.5. The lowest BCUT2D eigenvalue weighted by Gasteiger charge is -2.22. The van der Waals surface area contributed by atoms with Crippen LogP contribution in [0.25, 0.3) is 17.2 Å². The number of amidine groups is 1. The summed E-state index contributed by atoms with van der Waals surface area (Å²) in [4.78, 5) is 67.2. The van der Waals surface area contributed by atoms with Gasteiger partial charge in [-0.1, -0.05) is 19.1 Å². The number of fused-ring (bicyclic) bond motifs is 1. The molecular formula is C56H76F4N6O17. The molecule has 460 valence electrons. The van der Waals surface area contributed by atoms with Crippen LogP contribution in [0.4, 0.5) is 28.0 Å². The number of nitrogens with zero attached hydrogens (tertiary/aromatic N) is 4. The maximum absolute atomic E-state index is 13.7. The van der Waals surface area contributed by atoms with Crippen LogP contribution in [0.3, 0.4) is 0 Å². The summed E-state index contributed by atoms with van der Waals surface area (Å²) >= 11 is 0. The van der Waals surface area contributed by atoms with Crippen molar-refractivity contribution in [1.29, 1.82) is 0 Å². The first-order chi connectivity index (χ1) is 40.4. The van der Waals surface area contributed by atoms with E-state index in [1.54, 1.807) is 12.3 Å². The number of halogens is 4. The molecule has 0 radical (unpaired) electrons. The first-order valence-corrected chi connectivity index (χ1v) is 27.5. The van der Waals surface area contributed by atoms with Crippen LogP contribution in [-0.4, -0.2) is 216 Å². The van der Waals surface area contributed by atoms with Gasteiger partial charge in [-0.3, -0.25) is 24.2 Å². The molecule has 3 heterocycles. The number of nitrogens with one attached hydrogen (secondary N) is 1. The Labute approximate surface area is 479 Å². The molecule has 0 spiro atoms. The molecule has 1 fully saturated rings. The van der Waals surface area contributed by atoms with Crippen molar-refractivity contribution in [1.82, 2.24) is 20.3 Å². The molecule has 0 aliphatic carbocycles. The third-order valence-electron chi connectivity index (χ3n) is 11.8. The number of carbonyl (C=O) groups is 4. The lowest BCUT2D eigenvalue weighted by molar-refractivity contribution is -0.181. The molecule has 23 nitrogen and oxygen atoms in total. The van der Waals surface area contributed by atoms with E-state index in [1.807, 2.05) is 42.2 Å². The molecule has 1 saturated heterocycles. The fraction of sp³-hybridized carbons (Fsp3) is 0.571. The Bertz CT molecular complexity index is 2470. The molecule has 3 N–H and O–H groups in total. The van der Waals surface area contributed by atoms with E-state index in [0.29, 0.717) is 135 Å². The largest absolute Gasteiger partial charge is 0.447 e. The van der Waals surface area contributed by atoms with Gasteiger partial charge in [-0.2, -0.15) is 8.78 Å². The van der Waals surface area contributed by atoms with Crippen LogP contribution in [0.15, 0.2) is 53.2 Å². The second-order valence-electron chi connectivity index (χ2n) is 18.1. The molecule has 1 aromatic heterocycles. The van der Waals surface area contributed by atoms with Gasteiger partial charge >= 0.3 is 12.1 Å². The van der Waals surface area contributed by atoms with Gasteiger partial charge in [0.05, 0.1) is 157 Å². The summed E-state index contributed by atoms with van der Waals surface area (Å²) in [5, 5.41) is 3.84. The van der Waals surface area contributed by atoms with Gasteiger partial charge in [0.15, 0.2) is 11.6 Å². The number of ether oxygens (including phenoxy) is 12. The van der Waals surface area contributed by atoms with Crippen molar-refractivity contribution >= 4 is 41.5 Å². The van der Waals surface area contributed by atoms with Crippen LogP contribution in [0.2, 0.25) is 0 Å². The molecule has 3 amide bonds. The molecule has 27 heteroatoms. The number of aliphatic imine (C=N–C) groups is 1. The van der Waals surface area contributed by atoms with Crippen LogP contribution in [-0.2, 0) is 66.5 Å². The topological polar surface area (TPSA) is 258 Å². The van der Waals surface area contributed by atoms with Gasteiger partial charge < -0.3 is 72.8 Å². The third kappa shape index (κ3) is 26.1. The van der Waals surface area contributed by atoms with E-state index >= 15 is 0 Å². The Morgan fingerprint density at radius 1 is 0.627 bits per heavy atom. The minimum Gasteiger partial charge on any atom is -0.447 e. The second kappa shape index (κ2) is 40.1. The van der Waals surface area contributed by atoms with Crippen molar-refractivity contribution in [2.75, 3.05) is 172 Å². The van der Waals surface area contributed by atoms with Gasteiger partial charge in [-0.25, -0.2) is 23.6 Å². The quantitative estimate of drug-likeness (QED) is 0.0180. The number of amides is 3. The summed E-state index contributed by atoms with van der Waals surface area (Å²) in [5.74, 6) is -9.67. The Hall–Kier alpha value is -6.24. The van der Waals surface area contributed by atoms with Gasteiger partial charge in [-0.05, 0) is 49.1 Å². The standard InChI is InChI=1S/C56H76F4N6O17/c1-2-11-66(55(69)43-36-47-48(64-49(61)38-43)37-44(40-63-47)41-5-7-42(8-6-41)54(68)65-12-3-4-13-65)82-15-10-62-56(70)81-35-34-80-33-32-79-31-30-78-29-28-77-27-26-76-25-24-75-23-22-74-21-20-73-19-18-72-17-16-71-14-9-50(67)83-53-51(59)45(57)39-46(58)52(53)60/h5-8,36-37,39-40H,2-4,9-35,38H2,1H3,(H2,61,64)(H,62,70). The molecule has 83 heavy (non-hydrogen) atoms. The van der Waals surface area contributed by atoms with E-state index in [1.165, 1.54) is 5.06 Å². The molecule has 2 aliphatic rings. The Balaban J connectivity index is 0.742. The number of esters is 1. The van der Waals surface area contributed by atoms with Gasteiger partial charge in [0.25, 0.3) is 11.8 Å². The first-order valence-electron chi connectivity index (χ1n) is 27.5. The number of rotatable bonds is 43. The van der Waals surface area contributed by atoms with Gasteiger partial charge in [0, 0.05) is 61.6 Å². The molecular weight excluding hydrogens is 1100 g/mol. The highest BCUT2D eigenvalue weighted by atomic mass is 19.2. The van der Waals surface area contributed by atoms with E-state index in [0.717, 1.165) is 37.1 Å². The van der Waals surface area contributed by atoms with E-state index in [4.69, 9.17) is 62.7 Å². The maximum Gasteiger partial charge on any atom is 0.407 e. The zero-order chi connectivity index (χ0) is 59.3. The third-order valence-corrected chi connectivity index (χ3v) is 11.8. The minimum atomic E-state index is -1.80. The summed E-state index contributed by atoms with van der Waals surface area (Å²) in [7, 11) is 0. The zero-order valence-corrected chi connectivity index (χ0v) is 46.9. The fourth-order valence-electron chi connectivity index (χ4n) is 7.66. The molecule has 0 bridgehead atoms. The fourth-order valence-corrected chi connectivity index (χ4v) is 7.66. The maximum atomic E-state index is 13.7. The number of alkyl carbamates (subject to hydrolysis) is 1. The molecule has 5 rings (SSSR count). The number of likely N-dealkylation sites (tertiary alicyclic amines) is 1. The van der Waals surface area contributed by atoms with Crippen LogP contribution in [0.1, 0.15) is 55.1 Å². The number of benzene rings is 2. The lowest BCUT2D eigenvalue weighted by atomic mass is 10.0. The number of hydroxylamine groups is 2. The average molecular weight is 1180 g/mol. The number of hydrogen-bond acceptors (Lipinski definition) is 20. The average Bonchev–Trinajstić information content (AvgIpc) is 4.26. The van der Waals surface area contributed by atoms with E-state index in [-0.39, 0.29) is 77.0 Å². The highest BCUT2D eigenvalue weighted by Gasteiger charge is 2.25. The highest BCUT2D eigenvalue weighted by molar-refractivity contribution is 6.05. The van der Waals surface area contributed by atoms with Crippen LogP contribution in [0.5, 0.6) is 5.75 Å². The number of carbonyl (C=O) groups excluding carboxylic acids is 4. The smallest absolute Gasteiger partial charge is 0.407 e. The predicted octanol–water partition coefficient (Wildman–Crippen LogP) is 5.37. The molecule has 0 unspecified atom stereocenters. The summed E-state index contributed by atoms with van der Waals surface area (Å²) in [5.41, 5.74) is 9.93. The monoisotopic (exact) mass is 1180 g/mol. The molecule has 3 aromatic rings. The summed E-state index contributed by atoms with van der Waals surface area (Å²) in [6.07, 6.45) is 5.04. The van der Waals surface area contributed by atoms with Crippen LogP contribution >= 0.6 is 0 Å². The molecule has 0 atom stereocenters. The predicted molar refractivity (Wildman–Crippen MR) is 291 cm³/mol. The van der Waals surface area contributed by atoms with Crippen molar-refractivity contribution in [2.45, 2.75) is 39.0 Å². The number of aromatic nitrogens is 1. The Kier molecular flexibility index (Phi) is 32.6. The Morgan fingerprint density at radius 3 is 1.60 bits per heavy atom. The van der Waals surface area contributed by atoms with Crippen molar-refractivity contribution in [3.05, 3.63) is 82.7 Å². The lowest BCUT2D eigenvalue weighted by Crippen LogP contribution is -2.37. The van der Waals surface area contributed by atoms with Gasteiger partial charge in [0.1, 0.15) is 12.4 Å². The second-order valence-corrected chi connectivity index (χ2v) is 18.1. The minimum absolute atomic E-state index is 0.00662. The number of hydrogen-bond donors (Lipinski definition) is 2. The highest BCUT2D eigenvalue weighted by Crippen LogP contribution is 2.31. The van der Waals surface area contributed by atoms with E-state index < -0.39 is 53.4 Å². The Morgan fingerprint density at radius 2 is 1.11 bits per heavy atom. The van der Waals surface area contributed by atoms with E-state index in [2.05, 4.69) is 20.0 Å². The van der Waals surface area contributed by atoms with Crippen molar-refractivity contribution in [2.24, 2.45) is 10.7 Å². The van der Waals surface area contributed by atoms with Crippen molar-refractivity contribution in [3.8, 4) is 16.9 Å². The molecule has 2 aliphatic heterocycles. The van der Waals surface area contributed by atoms with E-state index in [9.17, 15) is 36.7 Å². The summed E-state index contributed by atoms with van der Waals surface area (Å²) in [6, 6.07) is 9.27. The van der Waals surface area contributed by atoms with Crippen LogP contribution in [0, 0.1) is 23.3 Å². The zero-order valence-electron chi connectivity index (χ0n) is 46.9. The summed E-state index contributed by atoms with van der Waals surface area (Å²) < 4.78 is 117. The van der Waals surface area contributed by atoms with Crippen molar-refractivity contribution in [3.63, 3.8) is 0 Å². The molecule has 2 aromatic carbocycles. The number of nitrogens with two attached hydrogens (primary N) is 1. The van der Waals surface area contributed by atoms with Crippen LogP contribution < -0.4 is 15.8 Å². The summed E-state index contributed by atoms with van der Waals surface area (Å²) in [6.45, 7) is 10.1.